The Kier molecular flexibility index (Phi) is 5.21. The van der Waals surface area contributed by atoms with Gasteiger partial charge in [0.05, 0.1) is 12.5 Å². The third kappa shape index (κ3) is 4.13. The number of carbonyl (C=O) groups is 3. The highest BCUT2D eigenvalue weighted by atomic mass is 19.1. The van der Waals surface area contributed by atoms with Crippen molar-refractivity contribution in [1.82, 2.24) is 5.32 Å². The first-order chi connectivity index (χ1) is 12.8. The Balaban J connectivity index is 1.77. The molecular formula is C20H19FN2O4. The number of cyclic esters (lactones) is 1. The van der Waals surface area contributed by atoms with Crippen LogP contribution in [0.25, 0.3) is 11.1 Å². The number of hydrogen-bond acceptors (Lipinski definition) is 4. The second-order valence-electron chi connectivity index (χ2n) is 6.47. The van der Waals surface area contributed by atoms with Gasteiger partial charge in [-0.15, -0.1) is 0 Å². The Labute approximate surface area is 155 Å². The zero-order valence-corrected chi connectivity index (χ0v) is 14.7. The predicted octanol–water partition coefficient (Wildman–Crippen LogP) is 2.13. The molecule has 0 aliphatic carbocycles. The van der Waals surface area contributed by atoms with E-state index < -0.39 is 29.7 Å². The molecule has 1 aliphatic rings. The van der Waals surface area contributed by atoms with E-state index >= 15 is 0 Å². The van der Waals surface area contributed by atoms with Crippen molar-refractivity contribution < 1.29 is 23.5 Å². The highest BCUT2D eigenvalue weighted by Gasteiger charge is 2.35. The maximum Gasteiger partial charge on any atom is 0.313 e. The quantitative estimate of drug-likeness (QED) is 0.788. The highest BCUT2D eigenvalue weighted by molar-refractivity contribution is 5.93. The molecule has 1 heterocycles. The van der Waals surface area contributed by atoms with Gasteiger partial charge in [-0.05, 0) is 29.3 Å². The molecule has 1 fully saturated rings. The second-order valence-corrected chi connectivity index (χ2v) is 6.47. The van der Waals surface area contributed by atoms with Crippen LogP contribution in [0.3, 0.4) is 0 Å². The first-order valence-corrected chi connectivity index (χ1v) is 8.49. The van der Waals surface area contributed by atoms with Gasteiger partial charge in [-0.3, -0.25) is 14.4 Å². The maximum atomic E-state index is 14.6. The minimum atomic E-state index is -0.565. The Hall–Kier alpha value is -3.22. The van der Waals surface area contributed by atoms with Crippen LogP contribution < -0.4 is 11.1 Å². The van der Waals surface area contributed by atoms with Crippen molar-refractivity contribution in [2.45, 2.75) is 25.4 Å². The normalized spacial score (nSPS) is 18.8. The molecule has 7 heteroatoms. The fourth-order valence-corrected chi connectivity index (χ4v) is 3.10. The van der Waals surface area contributed by atoms with Crippen LogP contribution in [0.15, 0.2) is 42.5 Å². The van der Waals surface area contributed by atoms with Crippen LogP contribution in [-0.4, -0.2) is 30.4 Å². The lowest BCUT2D eigenvalue weighted by molar-refractivity contribution is -0.142. The summed E-state index contributed by atoms with van der Waals surface area (Å²) >= 11 is 0. The van der Waals surface area contributed by atoms with Crippen LogP contribution in [0, 0.1) is 5.82 Å². The van der Waals surface area contributed by atoms with Crippen molar-refractivity contribution >= 4 is 17.8 Å². The zero-order chi connectivity index (χ0) is 19.6. The van der Waals surface area contributed by atoms with Gasteiger partial charge in [-0.2, -0.15) is 0 Å². The summed E-state index contributed by atoms with van der Waals surface area (Å²) in [7, 11) is 0. The summed E-state index contributed by atoms with van der Waals surface area (Å²) in [6, 6.07) is 10.9. The van der Waals surface area contributed by atoms with Crippen LogP contribution in [-0.2, 0) is 14.3 Å². The van der Waals surface area contributed by atoms with E-state index in [0.29, 0.717) is 28.7 Å². The van der Waals surface area contributed by atoms with Gasteiger partial charge in [0.25, 0.3) is 0 Å². The van der Waals surface area contributed by atoms with Crippen molar-refractivity contribution in [2.24, 2.45) is 5.73 Å². The minimum absolute atomic E-state index is 0.202. The number of primary amides is 1. The van der Waals surface area contributed by atoms with Crippen LogP contribution in [0.1, 0.15) is 35.2 Å². The molecule has 0 bridgehead atoms. The van der Waals surface area contributed by atoms with Gasteiger partial charge in [0.2, 0.25) is 11.8 Å². The lowest BCUT2D eigenvalue weighted by atomic mass is 9.93. The molecular weight excluding hydrogens is 351 g/mol. The molecule has 0 radical (unpaired) electrons. The molecule has 0 saturated carbocycles. The maximum absolute atomic E-state index is 14.6. The molecule has 2 atom stereocenters. The number of halogens is 1. The first kappa shape index (κ1) is 18.6. The Bertz CT molecular complexity index is 895. The van der Waals surface area contributed by atoms with E-state index in [0.717, 1.165) is 0 Å². The van der Waals surface area contributed by atoms with Crippen LogP contribution in [0.4, 0.5) is 4.39 Å². The van der Waals surface area contributed by atoms with E-state index in [-0.39, 0.29) is 12.5 Å². The van der Waals surface area contributed by atoms with Gasteiger partial charge in [-0.1, -0.05) is 24.3 Å². The number of esters is 1. The molecule has 0 spiro atoms. The lowest BCUT2D eigenvalue weighted by Crippen LogP contribution is -2.30. The third-order valence-electron chi connectivity index (χ3n) is 4.52. The second kappa shape index (κ2) is 7.57. The molecule has 3 rings (SSSR count). The summed E-state index contributed by atoms with van der Waals surface area (Å²) in [5, 5.41) is 2.61. The fourth-order valence-electron chi connectivity index (χ4n) is 3.10. The number of carbonyl (C=O) groups excluding carboxylic acids is 3. The molecule has 2 aromatic rings. The third-order valence-corrected chi connectivity index (χ3v) is 4.52. The summed E-state index contributed by atoms with van der Waals surface area (Å²) in [6.45, 7) is 1.63. The van der Waals surface area contributed by atoms with Crippen molar-refractivity contribution in [1.29, 1.82) is 0 Å². The van der Waals surface area contributed by atoms with Gasteiger partial charge in [0.1, 0.15) is 11.9 Å². The standard InChI is InChI=1S/C20H19FN2O4/c1-11(24)23-10-15-9-17(20(26)27-15)14-6-7-16(18(21)8-14)12-2-4-13(5-3-12)19(22)25/h2-8,15,17H,9-10H2,1H3,(H2,22,25)(H,23,24)/t15-,17?/m0/s1. The van der Waals surface area contributed by atoms with Gasteiger partial charge in [0.15, 0.2) is 0 Å². The SMILES string of the molecule is CC(=O)NC[C@@H]1CC(c2ccc(-c3ccc(C(N)=O)cc3)c(F)c2)C(=O)O1. The molecule has 3 N–H and O–H groups in total. The van der Waals surface area contributed by atoms with E-state index in [2.05, 4.69) is 5.32 Å². The number of hydrogen-bond donors (Lipinski definition) is 2. The smallest absolute Gasteiger partial charge is 0.313 e. The number of amides is 2. The summed E-state index contributed by atoms with van der Waals surface area (Å²) < 4.78 is 19.9. The number of rotatable bonds is 5. The number of nitrogens with two attached hydrogens (primary N) is 1. The van der Waals surface area contributed by atoms with Gasteiger partial charge >= 0.3 is 5.97 Å². The largest absolute Gasteiger partial charge is 0.460 e. The number of nitrogens with one attached hydrogen (secondary N) is 1. The minimum Gasteiger partial charge on any atom is -0.460 e. The van der Waals surface area contributed by atoms with Gasteiger partial charge in [0, 0.05) is 24.5 Å². The van der Waals surface area contributed by atoms with E-state index in [9.17, 15) is 18.8 Å². The lowest BCUT2D eigenvalue weighted by Gasteiger charge is -2.10. The summed E-state index contributed by atoms with van der Waals surface area (Å²) in [4.78, 5) is 34.2. The zero-order valence-electron chi connectivity index (χ0n) is 14.7. The number of benzene rings is 2. The Morgan fingerprint density at radius 3 is 2.52 bits per heavy atom. The topological polar surface area (TPSA) is 98.5 Å². The summed E-state index contributed by atoms with van der Waals surface area (Å²) in [6.07, 6.45) is -0.0407. The molecule has 27 heavy (non-hydrogen) atoms. The summed E-state index contributed by atoms with van der Waals surface area (Å²) in [5.74, 6) is -2.22. The molecule has 1 aliphatic heterocycles. The first-order valence-electron chi connectivity index (χ1n) is 8.49. The molecule has 1 saturated heterocycles. The van der Waals surface area contributed by atoms with Crippen LogP contribution >= 0.6 is 0 Å². The molecule has 2 aromatic carbocycles. The van der Waals surface area contributed by atoms with Crippen molar-refractivity contribution in [2.75, 3.05) is 6.54 Å². The van der Waals surface area contributed by atoms with Crippen LogP contribution in [0.5, 0.6) is 0 Å². The van der Waals surface area contributed by atoms with Gasteiger partial charge in [-0.25, -0.2) is 4.39 Å². The highest BCUT2D eigenvalue weighted by Crippen LogP contribution is 2.33. The number of ether oxygens (including phenoxy) is 1. The summed E-state index contributed by atoms with van der Waals surface area (Å²) in [5.41, 5.74) is 7.03. The average molecular weight is 370 g/mol. The van der Waals surface area contributed by atoms with Crippen molar-refractivity contribution in [3.05, 3.63) is 59.4 Å². The Morgan fingerprint density at radius 1 is 1.22 bits per heavy atom. The monoisotopic (exact) mass is 370 g/mol. The van der Waals surface area contributed by atoms with Crippen LogP contribution in [0.2, 0.25) is 0 Å². The Morgan fingerprint density at radius 2 is 1.93 bits per heavy atom. The van der Waals surface area contributed by atoms with E-state index in [4.69, 9.17) is 10.5 Å². The van der Waals surface area contributed by atoms with Crippen molar-refractivity contribution in [3.8, 4) is 11.1 Å². The molecule has 140 valence electrons. The average Bonchev–Trinajstić information content (AvgIpc) is 3.01. The van der Waals surface area contributed by atoms with E-state index in [1.54, 1.807) is 24.3 Å². The van der Waals surface area contributed by atoms with Gasteiger partial charge < -0.3 is 15.8 Å². The molecule has 1 unspecified atom stereocenters. The van der Waals surface area contributed by atoms with E-state index in [1.165, 1.54) is 25.1 Å². The molecule has 2 amide bonds. The fraction of sp³-hybridized carbons (Fsp3) is 0.250. The van der Waals surface area contributed by atoms with Crippen molar-refractivity contribution in [3.63, 3.8) is 0 Å². The van der Waals surface area contributed by atoms with E-state index in [1.807, 2.05) is 0 Å². The molecule has 0 aromatic heterocycles. The molecule has 6 nitrogen and oxygen atoms in total. The predicted molar refractivity (Wildman–Crippen MR) is 96.3 cm³/mol.